The number of Topliss-reactive ketones (excluding diaryl/α,β-unsaturated/α-hetero) is 1. The first-order chi connectivity index (χ1) is 11.3. The molecule has 2 rings (SSSR count). The van der Waals surface area contributed by atoms with Gasteiger partial charge in [0.05, 0.1) is 10.6 Å². The number of ketones is 1. The van der Waals surface area contributed by atoms with Crippen molar-refractivity contribution >= 4 is 39.8 Å². The van der Waals surface area contributed by atoms with Gasteiger partial charge in [0, 0.05) is 24.9 Å². The Morgan fingerprint density at radius 3 is 2.62 bits per heavy atom. The fraction of sp³-hybridized carbons (Fsp3) is 0.214. The number of carbonyl (C=O) groups is 2. The second-order valence-corrected chi connectivity index (χ2v) is 5.98. The van der Waals surface area contributed by atoms with Crippen LogP contribution in [0, 0.1) is 0 Å². The molecule has 0 aliphatic heterocycles. The van der Waals surface area contributed by atoms with Gasteiger partial charge in [-0.05, 0) is 13.0 Å². The van der Waals surface area contributed by atoms with E-state index in [-0.39, 0.29) is 22.6 Å². The maximum absolute atomic E-state index is 12.0. The van der Waals surface area contributed by atoms with Crippen molar-refractivity contribution in [3.8, 4) is 10.4 Å². The molecule has 0 saturated heterocycles. The van der Waals surface area contributed by atoms with E-state index < -0.39 is 11.9 Å². The van der Waals surface area contributed by atoms with E-state index in [0.29, 0.717) is 16.1 Å². The van der Waals surface area contributed by atoms with E-state index in [9.17, 15) is 9.59 Å². The first-order valence-corrected chi connectivity index (χ1v) is 7.72. The average molecular weight is 347 g/mol. The van der Waals surface area contributed by atoms with Crippen molar-refractivity contribution in [2.24, 2.45) is 16.5 Å². The van der Waals surface area contributed by atoms with Crippen LogP contribution in [0.2, 0.25) is 0 Å². The number of nitrogens with two attached hydrogens (primary N) is 3. The summed E-state index contributed by atoms with van der Waals surface area (Å²) in [5.74, 6) is -0.862. The van der Waals surface area contributed by atoms with Crippen LogP contribution >= 0.6 is 11.3 Å². The number of amides is 1. The Kier molecular flexibility index (Phi) is 5.09. The zero-order chi connectivity index (χ0) is 17.9. The molecule has 0 aliphatic rings. The van der Waals surface area contributed by atoms with E-state index in [1.54, 1.807) is 12.3 Å². The Balaban J connectivity index is 2.34. The lowest BCUT2D eigenvalue weighted by molar-refractivity contribution is -0.117. The number of thiazole rings is 1. The van der Waals surface area contributed by atoms with E-state index >= 15 is 0 Å². The minimum Gasteiger partial charge on any atom is -0.397 e. The van der Waals surface area contributed by atoms with Gasteiger partial charge in [-0.25, -0.2) is 9.98 Å². The smallest absolute Gasteiger partial charge is 0.250 e. The van der Waals surface area contributed by atoms with Crippen LogP contribution in [0.5, 0.6) is 0 Å². The van der Waals surface area contributed by atoms with Gasteiger partial charge in [0.25, 0.3) is 5.91 Å². The topological polar surface area (TPSA) is 162 Å². The second-order valence-electron chi connectivity index (χ2n) is 4.98. The number of rotatable bonds is 5. The van der Waals surface area contributed by atoms with Gasteiger partial charge in [0.1, 0.15) is 11.7 Å². The van der Waals surface area contributed by atoms with Gasteiger partial charge in [0.2, 0.25) is 0 Å². The highest BCUT2D eigenvalue weighted by atomic mass is 32.1. The molecule has 2 aromatic heterocycles. The van der Waals surface area contributed by atoms with E-state index in [4.69, 9.17) is 17.2 Å². The molecule has 24 heavy (non-hydrogen) atoms. The van der Waals surface area contributed by atoms with Crippen LogP contribution in [0.1, 0.15) is 24.3 Å². The average Bonchev–Trinajstić information content (AvgIpc) is 2.90. The Morgan fingerprint density at radius 2 is 2.04 bits per heavy atom. The van der Waals surface area contributed by atoms with Gasteiger partial charge in [-0.3, -0.25) is 14.6 Å². The van der Waals surface area contributed by atoms with Crippen LogP contribution in [0.25, 0.3) is 10.4 Å². The fourth-order valence-corrected chi connectivity index (χ4v) is 2.88. The fourth-order valence-electron chi connectivity index (χ4n) is 1.88. The number of nitrogens with one attached hydrogen (secondary N) is 1. The standard InChI is InChI=1S/C14H17N7O2S/c1-6(19-13(16)17)12(23)21-14-20-10(7(2)22)11(24-14)8-3-9(15)5-18-4-8/h3-6H,15H2,1-2H3,(H4,16,17,19)(H,20,21,23)/t6-/m1/s1. The third-order valence-electron chi connectivity index (χ3n) is 2.93. The molecule has 0 unspecified atom stereocenters. The van der Waals surface area contributed by atoms with Crippen LogP contribution in [-0.2, 0) is 4.79 Å². The van der Waals surface area contributed by atoms with Crippen LogP contribution < -0.4 is 22.5 Å². The highest BCUT2D eigenvalue weighted by Gasteiger charge is 2.20. The number of pyridine rings is 1. The molecule has 0 bridgehead atoms. The van der Waals surface area contributed by atoms with Crippen molar-refractivity contribution in [1.82, 2.24) is 9.97 Å². The van der Waals surface area contributed by atoms with E-state index in [0.717, 1.165) is 11.3 Å². The molecular formula is C14H17N7O2S. The molecule has 2 aromatic rings. The summed E-state index contributed by atoms with van der Waals surface area (Å²) in [6.45, 7) is 2.93. The molecule has 1 amide bonds. The summed E-state index contributed by atoms with van der Waals surface area (Å²) >= 11 is 1.14. The molecule has 0 aromatic carbocycles. The molecule has 9 nitrogen and oxygen atoms in total. The van der Waals surface area contributed by atoms with Crippen molar-refractivity contribution in [3.05, 3.63) is 24.2 Å². The molecule has 126 valence electrons. The van der Waals surface area contributed by atoms with Crippen LogP contribution in [0.3, 0.4) is 0 Å². The maximum atomic E-state index is 12.0. The molecule has 0 spiro atoms. The van der Waals surface area contributed by atoms with E-state index in [1.807, 2.05) is 0 Å². The van der Waals surface area contributed by atoms with Crippen LogP contribution in [0.15, 0.2) is 23.5 Å². The third kappa shape index (κ3) is 4.04. The molecule has 10 heteroatoms. The normalized spacial score (nSPS) is 11.6. The quantitative estimate of drug-likeness (QED) is 0.349. The molecule has 0 fully saturated rings. The lowest BCUT2D eigenvalue weighted by atomic mass is 10.1. The monoisotopic (exact) mass is 347 g/mol. The first kappa shape index (κ1) is 17.3. The maximum Gasteiger partial charge on any atom is 0.250 e. The summed E-state index contributed by atoms with van der Waals surface area (Å²) in [5.41, 5.74) is 17.6. The van der Waals surface area contributed by atoms with E-state index in [1.165, 1.54) is 20.0 Å². The first-order valence-electron chi connectivity index (χ1n) is 6.90. The van der Waals surface area contributed by atoms with Crippen molar-refractivity contribution in [3.63, 3.8) is 0 Å². The zero-order valence-electron chi connectivity index (χ0n) is 13.1. The predicted octanol–water partition coefficient (Wildman–Crippen LogP) is 0.590. The summed E-state index contributed by atoms with van der Waals surface area (Å²) < 4.78 is 0. The lowest BCUT2D eigenvalue weighted by Gasteiger charge is -2.05. The number of aliphatic imine (C=N–C) groups is 1. The van der Waals surface area contributed by atoms with Crippen molar-refractivity contribution in [1.29, 1.82) is 0 Å². The number of nitrogens with zero attached hydrogens (tertiary/aromatic N) is 3. The minimum absolute atomic E-state index is 0.187. The van der Waals surface area contributed by atoms with Gasteiger partial charge in [-0.15, -0.1) is 0 Å². The SMILES string of the molecule is CC(=O)c1nc(NC(=O)[C@@H](C)N=C(N)N)sc1-c1cncc(N)c1. The number of aromatic nitrogens is 2. The van der Waals surface area contributed by atoms with Crippen molar-refractivity contribution in [2.45, 2.75) is 19.9 Å². The summed E-state index contributed by atoms with van der Waals surface area (Å²) in [6, 6.07) is 0.901. The Labute approximate surface area is 142 Å². The Bertz CT molecular complexity index is 811. The number of guanidine groups is 1. The van der Waals surface area contributed by atoms with E-state index in [2.05, 4.69) is 20.3 Å². The third-order valence-corrected chi connectivity index (χ3v) is 3.95. The van der Waals surface area contributed by atoms with Gasteiger partial charge in [-0.1, -0.05) is 11.3 Å². The number of hydrogen-bond acceptors (Lipinski definition) is 7. The van der Waals surface area contributed by atoms with Gasteiger partial charge < -0.3 is 22.5 Å². The van der Waals surface area contributed by atoms with Crippen LogP contribution in [-0.4, -0.2) is 33.7 Å². The zero-order valence-corrected chi connectivity index (χ0v) is 13.9. The summed E-state index contributed by atoms with van der Waals surface area (Å²) in [7, 11) is 0. The lowest BCUT2D eigenvalue weighted by Crippen LogP contribution is -2.30. The highest BCUT2D eigenvalue weighted by molar-refractivity contribution is 7.19. The predicted molar refractivity (Wildman–Crippen MR) is 93.7 cm³/mol. The van der Waals surface area contributed by atoms with Gasteiger partial charge in [0.15, 0.2) is 16.9 Å². The van der Waals surface area contributed by atoms with Gasteiger partial charge in [-0.2, -0.15) is 0 Å². The molecule has 7 N–H and O–H groups in total. The molecule has 0 radical (unpaired) electrons. The number of anilines is 2. The summed E-state index contributed by atoms with van der Waals surface area (Å²) in [4.78, 5) is 36.4. The molecule has 1 atom stereocenters. The number of carbonyl (C=O) groups excluding carboxylic acids is 2. The van der Waals surface area contributed by atoms with Crippen molar-refractivity contribution < 1.29 is 9.59 Å². The second kappa shape index (κ2) is 7.04. The van der Waals surface area contributed by atoms with Crippen LogP contribution in [0.4, 0.5) is 10.8 Å². The number of nitrogen functional groups attached to an aromatic ring is 1. The highest BCUT2D eigenvalue weighted by Crippen LogP contribution is 2.33. The summed E-state index contributed by atoms with van der Waals surface area (Å²) in [5, 5.41) is 2.86. The Hall–Kier alpha value is -3.01. The number of hydrogen-bond donors (Lipinski definition) is 4. The van der Waals surface area contributed by atoms with Gasteiger partial charge >= 0.3 is 0 Å². The van der Waals surface area contributed by atoms with Crippen molar-refractivity contribution in [2.75, 3.05) is 11.1 Å². The molecule has 2 heterocycles. The largest absolute Gasteiger partial charge is 0.397 e. The minimum atomic E-state index is -0.780. The molecule has 0 saturated carbocycles. The molecule has 0 aliphatic carbocycles. The molecular weight excluding hydrogens is 330 g/mol. The summed E-state index contributed by atoms with van der Waals surface area (Å²) in [6.07, 6.45) is 3.07. The Morgan fingerprint density at radius 1 is 1.33 bits per heavy atom.